The molecule has 0 aliphatic carbocycles. The number of benzene rings is 2. The highest BCUT2D eigenvalue weighted by Gasteiger charge is 2.21. The number of carbonyl (C=O) groups excluding carboxylic acids is 1. The van der Waals surface area contributed by atoms with Gasteiger partial charge in [-0.05, 0) is 55.2 Å². The number of nitrogens with one attached hydrogen (secondary N) is 1. The lowest BCUT2D eigenvalue weighted by atomic mass is 9.99. The van der Waals surface area contributed by atoms with Crippen molar-refractivity contribution in [1.82, 2.24) is 0 Å². The van der Waals surface area contributed by atoms with E-state index in [1.54, 1.807) is 36.4 Å². The molecule has 2 N–H and O–H groups in total. The number of halogens is 1. The monoisotopic (exact) mass is 372 g/mol. The van der Waals surface area contributed by atoms with E-state index in [-0.39, 0.29) is 11.5 Å². The van der Waals surface area contributed by atoms with Gasteiger partial charge in [0.25, 0.3) is 5.91 Å². The predicted octanol–water partition coefficient (Wildman–Crippen LogP) is 4.53. The Labute approximate surface area is 157 Å². The van der Waals surface area contributed by atoms with Crippen LogP contribution < -0.4 is 10.2 Å². The van der Waals surface area contributed by atoms with Crippen molar-refractivity contribution in [1.29, 1.82) is 0 Å². The largest absolute Gasteiger partial charge is 0.478 e. The van der Waals surface area contributed by atoms with Gasteiger partial charge < -0.3 is 15.3 Å². The van der Waals surface area contributed by atoms with Crippen molar-refractivity contribution in [2.75, 3.05) is 23.3 Å². The average molecular weight is 373 g/mol. The van der Waals surface area contributed by atoms with E-state index < -0.39 is 5.97 Å². The number of hydrogen-bond acceptors (Lipinski definition) is 3. The molecule has 1 aliphatic rings. The molecule has 1 heterocycles. The van der Waals surface area contributed by atoms with Crippen LogP contribution >= 0.6 is 11.6 Å². The fourth-order valence-electron chi connectivity index (χ4n) is 3.28. The zero-order valence-electron chi connectivity index (χ0n) is 14.5. The molecule has 2 aromatic rings. The molecule has 3 rings (SSSR count). The number of piperidine rings is 1. The minimum absolute atomic E-state index is 0.139. The van der Waals surface area contributed by atoms with Gasteiger partial charge in [-0.15, -0.1) is 0 Å². The highest BCUT2D eigenvalue weighted by molar-refractivity contribution is 6.31. The standard InChI is InChI=1S/C20H21ClN2O3/c1-13-4-3-9-23(12-13)18-8-7-15(20(25)26)11-17(18)22-19(24)14-5-2-6-16(21)10-14/h2,5-8,10-11,13H,3-4,9,12H2,1H3,(H,22,24)(H,25,26)/t13-/m0/s1. The highest BCUT2D eigenvalue weighted by Crippen LogP contribution is 2.31. The molecule has 136 valence electrons. The smallest absolute Gasteiger partial charge is 0.335 e. The lowest BCUT2D eigenvalue weighted by Gasteiger charge is -2.34. The van der Waals surface area contributed by atoms with Crippen molar-refractivity contribution in [2.24, 2.45) is 5.92 Å². The molecule has 0 unspecified atom stereocenters. The van der Waals surface area contributed by atoms with Crippen LogP contribution in [0.5, 0.6) is 0 Å². The molecule has 1 atom stereocenters. The Balaban J connectivity index is 1.93. The molecule has 0 radical (unpaired) electrons. The van der Waals surface area contributed by atoms with E-state index in [9.17, 15) is 14.7 Å². The van der Waals surface area contributed by atoms with Gasteiger partial charge in [0.1, 0.15) is 0 Å². The first kappa shape index (κ1) is 18.3. The first-order valence-electron chi connectivity index (χ1n) is 8.63. The fourth-order valence-corrected chi connectivity index (χ4v) is 3.47. The van der Waals surface area contributed by atoms with E-state index in [0.717, 1.165) is 25.2 Å². The molecule has 1 saturated heterocycles. The molecule has 5 nitrogen and oxygen atoms in total. The lowest BCUT2D eigenvalue weighted by Crippen LogP contribution is -2.35. The van der Waals surface area contributed by atoms with Gasteiger partial charge in [0, 0.05) is 23.7 Å². The van der Waals surface area contributed by atoms with Crippen molar-refractivity contribution in [2.45, 2.75) is 19.8 Å². The van der Waals surface area contributed by atoms with E-state index in [1.807, 2.05) is 0 Å². The number of carboxylic acid groups (broad SMARTS) is 1. The van der Waals surface area contributed by atoms with Gasteiger partial charge in [-0.2, -0.15) is 0 Å². The molecule has 1 amide bonds. The van der Waals surface area contributed by atoms with Crippen LogP contribution in [0, 0.1) is 5.92 Å². The van der Waals surface area contributed by atoms with Crippen LogP contribution in [0.15, 0.2) is 42.5 Å². The second-order valence-electron chi connectivity index (χ2n) is 6.69. The van der Waals surface area contributed by atoms with Gasteiger partial charge >= 0.3 is 5.97 Å². The summed E-state index contributed by atoms with van der Waals surface area (Å²) in [6.07, 6.45) is 2.25. The molecule has 1 aliphatic heterocycles. The van der Waals surface area contributed by atoms with Crippen molar-refractivity contribution < 1.29 is 14.7 Å². The third-order valence-electron chi connectivity index (χ3n) is 4.58. The number of hydrogen-bond donors (Lipinski definition) is 2. The Morgan fingerprint density at radius 2 is 2.00 bits per heavy atom. The highest BCUT2D eigenvalue weighted by atomic mass is 35.5. The summed E-state index contributed by atoms with van der Waals surface area (Å²) in [5, 5.41) is 12.6. The Morgan fingerprint density at radius 1 is 1.19 bits per heavy atom. The van der Waals surface area contributed by atoms with Crippen LogP contribution in [0.4, 0.5) is 11.4 Å². The topological polar surface area (TPSA) is 69.6 Å². The van der Waals surface area contributed by atoms with Gasteiger partial charge in [-0.25, -0.2) is 4.79 Å². The minimum atomic E-state index is -1.03. The minimum Gasteiger partial charge on any atom is -0.478 e. The maximum absolute atomic E-state index is 12.6. The van der Waals surface area contributed by atoms with Crippen LogP contribution in [-0.4, -0.2) is 30.1 Å². The summed E-state index contributed by atoms with van der Waals surface area (Å²) in [5.74, 6) is -0.789. The van der Waals surface area contributed by atoms with E-state index in [4.69, 9.17) is 11.6 Å². The van der Waals surface area contributed by atoms with Gasteiger partial charge in [0.05, 0.1) is 16.9 Å². The van der Waals surface area contributed by atoms with Crippen LogP contribution in [0.2, 0.25) is 5.02 Å². The zero-order chi connectivity index (χ0) is 18.7. The third-order valence-corrected chi connectivity index (χ3v) is 4.81. The molecule has 1 fully saturated rings. The predicted molar refractivity (Wildman–Crippen MR) is 103 cm³/mol. The van der Waals surface area contributed by atoms with E-state index in [2.05, 4.69) is 17.1 Å². The zero-order valence-corrected chi connectivity index (χ0v) is 15.3. The fraction of sp³-hybridized carbons (Fsp3) is 0.300. The second-order valence-corrected chi connectivity index (χ2v) is 7.13. The van der Waals surface area contributed by atoms with Gasteiger partial charge in [0.15, 0.2) is 0 Å². The number of rotatable bonds is 4. The summed E-state index contributed by atoms with van der Waals surface area (Å²) >= 11 is 5.96. The molecule has 0 bridgehead atoms. The first-order chi connectivity index (χ1) is 12.4. The molecular weight excluding hydrogens is 352 g/mol. The normalized spacial score (nSPS) is 17.0. The van der Waals surface area contributed by atoms with E-state index in [1.165, 1.54) is 12.5 Å². The van der Waals surface area contributed by atoms with Crippen molar-refractivity contribution >= 4 is 34.9 Å². The number of nitrogens with zero attached hydrogens (tertiary/aromatic N) is 1. The van der Waals surface area contributed by atoms with Crippen molar-refractivity contribution in [3.05, 3.63) is 58.6 Å². The molecule has 6 heteroatoms. The maximum Gasteiger partial charge on any atom is 0.335 e. The number of carboxylic acids is 1. The molecule has 26 heavy (non-hydrogen) atoms. The van der Waals surface area contributed by atoms with Gasteiger partial charge in [-0.3, -0.25) is 4.79 Å². The SMILES string of the molecule is C[C@H]1CCCN(c2ccc(C(=O)O)cc2NC(=O)c2cccc(Cl)c2)C1. The van der Waals surface area contributed by atoms with Crippen LogP contribution in [0.1, 0.15) is 40.5 Å². The lowest BCUT2D eigenvalue weighted by molar-refractivity contribution is 0.0696. The summed E-state index contributed by atoms with van der Waals surface area (Å²) in [4.78, 5) is 26.2. The molecule has 2 aromatic carbocycles. The number of anilines is 2. The summed E-state index contributed by atoms with van der Waals surface area (Å²) in [5.41, 5.74) is 1.91. The second kappa shape index (κ2) is 7.79. The van der Waals surface area contributed by atoms with E-state index in [0.29, 0.717) is 22.2 Å². The molecular formula is C20H21ClN2O3. The summed E-state index contributed by atoms with van der Waals surface area (Å²) in [6.45, 7) is 3.96. The summed E-state index contributed by atoms with van der Waals surface area (Å²) < 4.78 is 0. The molecule has 0 spiro atoms. The molecule has 0 saturated carbocycles. The van der Waals surface area contributed by atoms with E-state index >= 15 is 0 Å². The summed E-state index contributed by atoms with van der Waals surface area (Å²) in [7, 11) is 0. The Morgan fingerprint density at radius 3 is 2.69 bits per heavy atom. The average Bonchev–Trinajstić information content (AvgIpc) is 2.61. The van der Waals surface area contributed by atoms with Crippen molar-refractivity contribution in [3.63, 3.8) is 0 Å². The molecule has 0 aromatic heterocycles. The number of amides is 1. The van der Waals surface area contributed by atoms with Gasteiger partial charge in [0.2, 0.25) is 0 Å². The Hall–Kier alpha value is -2.53. The quantitative estimate of drug-likeness (QED) is 0.827. The van der Waals surface area contributed by atoms with Crippen LogP contribution in [0.25, 0.3) is 0 Å². The maximum atomic E-state index is 12.6. The Bertz CT molecular complexity index is 838. The number of aromatic carboxylic acids is 1. The summed E-state index contributed by atoms with van der Waals surface area (Å²) in [6, 6.07) is 11.5. The van der Waals surface area contributed by atoms with Crippen molar-refractivity contribution in [3.8, 4) is 0 Å². The number of carbonyl (C=O) groups is 2. The first-order valence-corrected chi connectivity index (χ1v) is 9.01. The van der Waals surface area contributed by atoms with Crippen LogP contribution in [-0.2, 0) is 0 Å². The third kappa shape index (κ3) is 4.17. The van der Waals surface area contributed by atoms with Crippen LogP contribution in [0.3, 0.4) is 0 Å². The Kier molecular flexibility index (Phi) is 5.47. The van der Waals surface area contributed by atoms with Gasteiger partial charge in [-0.1, -0.05) is 24.6 Å².